The van der Waals surface area contributed by atoms with E-state index in [1.165, 1.54) is 35.6 Å². The highest BCUT2D eigenvalue weighted by atomic mass is 32.1. The zero-order chi connectivity index (χ0) is 24.9. The summed E-state index contributed by atoms with van der Waals surface area (Å²) in [5.74, 6) is -0.773. The summed E-state index contributed by atoms with van der Waals surface area (Å²) in [4.78, 5) is 45.8. The molecule has 1 aromatic carbocycles. The van der Waals surface area contributed by atoms with Crippen molar-refractivity contribution < 1.29 is 18.8 Å². The number of rotatable bonds is 8. The molecule has 188 valence electrons. The van der Waals surface area contributed by atoms with Gasteiger partial charge in [-0.2, -0.15) is 0 Å². The molecule has 1 aliphatic carbocycles. The lowest BCUT2D eigenvalue weighted by atomic mass is 9.83. The molecule has 0 bridgehead atoms. The molecule has 1 aromatic heterocycles. The van der Waals surface area contributed by atoms with Crippen molar-refractivity contribution in [3.63, 3.8) is 0 Å². The summed E-state index contributed by atoms with van der Waals surface area (Å²) < 4.78 is 13.2. The lowest BCUT2D eigenvalue weighted by Gasteiger charge is -2.35. The monoisotopic (exact) mass is 500 g/mol. The number of carbonyl (C=O) groups excluding carboxylic acids is 3. The van der Waals surface area contributed by atoms with Gasteiger partial charge in [0.05, 0.1) is 12.1 Å². The van der Waals surface area contributed by atoms with Crippen molar-refractivity contribution in [1.29, 1.82) is 0 Å². The zero-order valence-corrected chi connectivity index (χ0v) is 21.1. The highest BCUT2D eigenvalue weighted by Crippen LogP contribution is 2.36. The molecule has 2 aromatic rings. The Morgan fingerprint density at radius 1 is 1.09 bits per heavy atom. The van der Waals surface area contributed by atoms with Crippen LogP contribution in [0.25, 0.3) is 0 Å². The van der Waals surface area contributed by atoms with E-state index in [-0.39, 0.29) is 35.6 Å². The predicted octanol–water partition coefficient (Wildman–Crippen LogP) is 3.85. The van der Waals surface area contributed by atoms with Crippen LogP contribution in [0.1, 0.15) is 79.0 Å². The van der Waals surface area contributed by atoms with Crippen LogP contribution in [0.15, 0.2) is 29.6 Å². The lowest BCUT2D eigenvalue weighted by molar-refractivity contribution is -0.139. The third-order valence-electron chi connectivity index (χ3n) is 7.19. The number of halogens is 1. The van der Waals surface area contributed by atoms with E-state index < -0.39 is 11.9 Å². The molecule has 0 spiro atoms. The van der Waals surface area contributed by atoms with Crippen molar-refractivity contribution in [2.24, 2.45) is 5.92 Å². The number of amides is 2. The first-order valence-electron chi connectivity index (χ1n) is 12.4. The van der Waals surface area contributed by atoms with Gasteiger partial charge in [-0.3, -0.25) is 14.4 Å². The Balaban J connectivity index is 1.53. The number of hydrogen-bond donors (Lipinski definition) is 2. The number of likely N-dealkylation sites (N-methyl/N-ethyl adjacent to an activating group) is 1. The number of benzene rings is 1. The van der Waals surface area contributed by atoms with Crippen LogP contribution in [-0.2, 0) is 9.59 Å². The van der Waals surface area contributed by atoms with E-state index in [9.17, 15) is 18.8 Å². The number of hydrogen-bond acceptors (Lipinski definition) is 6. The van der Waals surface area contributed by atoms with E-state index in [0.29, 0.717) is 17.8 Å². The Morgan fingerprint density at radius 3 is 2.49 bits per heavy atom. The number of thiazole rings is 1. The normalized spacial score (nSPS) is 20.4. The number of nitrogens with zero attached hydrogens (tertiary/aromatic N) is 2. The second-order valence-electron chi connectivity index (χ2n) is 9.49. The van der Waals surface area contributed by atoms with Gasteiger partial charge >= 0.3 is 0 Å². The topological polar surface area (TPSA) is 91.4 Å². The second kappa shape index (κ2) is 11.4. The first-order chi connectivity index (χ1) is 16.9. The number of nitrogens with one attached hydrogen (secondary N) is 2. The third kappa shape index (κ3) is 5.78. The molecule has 2 aliphatic rings. The molecular formula is C26H33FN4O3S. The third-order valence-corrected chi connectivity index (χ3v) is 8.14. The number of ketones is 1. The summed E-state index contributed by atoms with van der Waals surface area (Å²) in [6.45, 7) is 2.39. The fourth-order valence-corrected chi connectivity index (χ4v) is 5.96. The van der Waals surface area contributed by atoms with Crippen molar-refractivity contribution in [2.75, 3.05) is 13.6 Å². The zero-order valence-electron chi connectivity index (χ0n) is 20.3. The molecule has 4 rings (SSSR count). The van der Waals surface area contributed by atoms with E-state index >= 15 is 0 Å². The van der Waals surface area contributed by atoms with Gasteiger partial charge in [0.15, 0.2) is 0 Å². The SMILES string of the molecule is CN[C@H](C)C(=O)N[C@@H](C(=O)N1CCC[C@H]1c1nc(C(=O)c2ccc(F)cc2)cs1)C1CCCCC1. The van der Waals surface area contributed by atoms with Crippen molar-refractivity contribution in [2.45, 2.75) is 70.0 Å². The van der Waals surface area contributed by atoms with Gasteiger partial charge in [0.2, 0.25) is 17.6 Å². The largest absolute Gasteiger partial charge is 0.343 e. The molecule has 1 aliphatic heterocycles. The van der Waals surface area contributed by atoms with Gasteiger partial charge in [0, 0.05) is 17.5 Å². The molecule has 9 heteroatoms. The quantitative estimate of drug-likeness (QED) is 0.538. The molecule has 2 amide bonds. The molecule has 2 fully saturated rings. The van der Waals surface area contributed by atoms with Crippen LogP contribution in [0.3, 0.4) is 0 Å². The summed E-state index contributed by atoms with van der Waals surface area (Å²) in [6.07, 6.45) is 6.76. The maximum absolute atomic E-state index is 13.8. The first kappa shape index (κ1) is 25.4. The summed E-state index contributed by atoms with van der Waals surface area (Å²) in [6, 6.07) is 4.25. The van der Waals surface area contributed by atoms with Crippen molar-refractivity contribution >= 4 is 28.9 Å². The van der Waals surface area contributed by atoms with Crippen molar-refractivity contribution in [1.82, 2.24) is 20.5 Å². The Hall–Kier alpha value is -2.65. The molecule has 1 saturated carbocycles. The molecule has 35 heavy (non-hydrogen) atoms. The van der Waals surface area contributed by atoms with Gasteiger partial charge in [0.1, 0.15) is 22.6 Å². The van der Waals surface area contributed by atoms with E-state index in [1.807, 2.05) is 4.90 Å². The molecule has 7 nitrogen and oxygen atoms in total. The predicted molar refractivity (Wildman–Crippen MR) is 133 cm³/mol. The van der Waals surface area contributed by atoms with E-state index in [2.05, 4.69) is 15.6 Å². The van der Waals surface area contributed by atoms with Gasteiger partial charge in [-0.05, 0) is 69.8 Å². The van der Waals surface area contributed by atoms with Gasteiger partial charge in [0.25, 0.3) is 0 Å². The summed E-state index contributed by atoms with van der Waals surface area (Å²) >= 11 is 1.37. The molecule has 2 heterocycles. The van der Waals surface area contributed by atoms with Crippen LogP contribution < -0.4 is 10.6 Å². The van der Waals surface area contributed by atoms with Gasteiger partial charge in [-0.25, -0.2) is 9.37 Å². The Morgan fingerprint density at radius 2 is 1.80 bits per heavy atom. The first-order valence-corrected chi connectivity index (χ1v) is 13.3. The maximum Gasteiger partial charge on any atom is 0.246 e. The van der Waals surface area contributed by atoms with Crippen LogP contribution in [-0.4, -0.2) is 53.2 Å². The molecule has 1 saturated heterocycles. The molecular weight excluding hydrogens is 467 g/mol. The highest BCUT2D eigenvalue weighted by molar-refractivity contribution is 7.10. The van der Waals surface area contributed by atoms with Crippen LogP contribution in [0.4, 0.5) is 4.39 Å². The fraction of sp³-hybridized carbons (Fsp3) is 0.538. The van der Waals surface area contributed by atoms with Gasteiger partial charge in [-0.1, -0.05) is 19.3 Å². The highest BCUT2D eigenvalue weighted by Gasteiger charge is 2.40. The van der Waals surface area contributed by atoms with Crippen LogP contribution in [0.2, 0.25) is 0 Å². The van der Waals surface area contributed by atoms with Crippen molar-refractivity contribution in [3.8, 4) is 0 Å². The number of likely N-dealkylation sites (tertiary alicyclic amines) is 1. The standard InChI is InChI=1S/C26H33FN4O3S/c1-16(28-2)24(33)30-22(17-7-4-3-5-8-17)26(34)31-14-6-9-21(31)25-29-20(15-35-25)23(32)18-10-12-19(27)13-11-18/h10-13,15-17,21-22,28H,3-9,14H2,1-2H3,(H,30,33)/t16-,21+,22-/m1/s1. The van der Waals surface area contributed by atoms with E-state index in [4.69, 9.17) is 0 Å². The van der Waals surface area contributed by atoms with Gasteiger partial charge < -0.3 is 15.5 Å². The molecule has 3 atom stereocenters. The fourth-order valence-electron chi connectivity index (χ4n) is 5.02. The van der Waals surface area contributed by atoms with Crippen LogP contribution in [0, 0.1) is 11.7 Å². The van der Waals surface area contributed by atoms with E-state index in [0.717, 1.165) is 50.0 Å². The number of aromatic nitrogens is 1. The average molecular weight is 501 g/mol. The minimum absolute atomic E-state index is 0.0577. The summed E-state index contributed by atoms with van der Waals surface area (Å²) in [7, 11) is 1.73. The maximum atomic E-state index is 13.8. The summed E-state index contributed by atoms with van der Waals surface area (Å²) in [5, 5.41) is 8.42. The Bertz CT molecular complexity index is 1050. The van der Waals surface area contributed by atoms with E-state index in [1.54, 1.807) is 19.4 Å². The van der Waals surface area contributed by atoms with Gasteiger partial charge in [-0.15, -0.1) is 11.3 Å². The molecule has 0 radical (unpaired) electrons. The minimum atomic E-state index is -0.556. The number of carbonyl (C=O) groups is 3. The van der Waals surface area contributed by atoms with Crippen molar-refractivity contribution in [3.05, 3.63) is 51.7 Å². The summed E-state index contributed by atoms with van der Waals surface area (Å²) in [5.41, 5.74) is 0.678. The lowest BCUT2D eigenvalue weighted by Crippen LogP contribution is -2.55. The minimum Gasteiger partial charge on any atom is -0.343 e. The Kier molecular flexibility index (Phi) is 8.28. The Labute approximate surface area is 209 Å². The van der Waals surface area contributed by atoms with Crippen LogP contribution >= 0.6 is 11.3 Å². The molecule has 0 unspecified atom stereocenters. The average Bonchev–Trinajstić information content (AvgIpc) is 3.56. The van der Waals surface area contributed by atoms with Crippen LogP contribution in [0.5, 0.6) is 0 Å². The smallest absolute Gasteiger partial charge is 0.246 e. The second-order valence-corrected chi connectivity index (χ2v) is 10.4. The molecule has 2 N–H and O–H groups in total.